The second-order valence-electron chi connectivity index (χ2n) is 5.46. The van der Waals surface area contributed by atoms with Crippen LogP contribution >= 0.6 is 0 Å². The molecule has 1 aliphatic rings. The Hall–Kier alpha value is -1.52. The maximum Gasteiger partial charge on any atom is 0.235 e. The van der Waals surface area contributed by atoms with Crippen molar-refractivity contribution in [1.29, 1.82) is 0 Å². The molecule has 0 aliphatic carbocycles. The Bertz CT molecular complexity index is 762. The first-order chi connectivity index (χ1) is 10.7. The van der Waals surface area contributed by atoms with Crippen molar-refractivity contribution in [3.05, 3.63) is 30.1 Å². The van der Waals surface area contributed by atoms with Crippen LogP contribution in [0, 0.1) is 0 Å². The average Bonchev–Trinajstić information content (AvgIpc) is 2.82. The van der Waals surface area contributed by atoms with E-state index in [9.17, 15) is 21.6 Å². The fourth-order valence-corrected chi connectivity index (χ4v) is 5.31. The van der Waals surface area contributed by atoms with E-state index in [1.807, 2.05) is 0 Å². The lowest BCUT2D eigenvalue weighted by Crippen LogP contribution is -2.46. The zero-order valence-corrected chi connectivity index (χ0v) is 14.3. The number of pyridine rings is 1. The first-order valence-corrected chi connectivity index (χ1v) is 10.7. The quantitative estimate of drug-likeness (QED) is 0.706. The van der Waals surface area contributed by atoms with E-state index in [0.29, 0.717) is 5.69 Å². The minimum Gasteiger partial charge on any atom is -0.349 e. The van der Waals surface area contributed by atoms with Crippen LogP contribution < -0.4 is 5.32 Å². The molecule has 128 valence electrons. The first kappa shape index (κ1) is 17.8. The zero-order chi connectivity index (χ0) is 17.1. The number of hydrogen-bond donors (Lipinski definition) is 1. The van der Waals surface area contributed by atoms with Crippen molar-refractivity contribution in [3.8, 4) is 0 Å². The van der Waals surface area contributed by atoms with Crippen LogP contribution in [0.15, 0.2) is 24.4 Å². The summed E-state index contributed by atoms with van der Waals surface area (Å²) >= 11 is 0. The highest BCUT2D eigenvalue weighted by molar-refractivity contribution is 7.92. The van der Waals surface area contributed by atoms with Gasteiger partial charge in [-0.2, -0.15) is 4.31 Å². The molecule has 0 aromatic carbocycles. The van der Waals surface area contributed by atoms with Gasteiger partial charge in [0.2, 0.25) is 15.9 Å². The van der Waals surface area contributed by atoms with Crippen LogP contribution in [0.1, 0.15) is 12.1 Å². The molecule has 1 saturated heterocycles. The summed E-state index contributed by atoms with van der Waals surface area (Å²) in [7, 11) is -6.92. The monoisotopic (exact) mass is 361 g/mol. The van der Waals surface area contributed by atoms with Gasteiger partial charge in [-0.05, 0) is 18.6 Å². The third-order valence-corrected chi connectivity index (χ3v) is 6.56. The maximum absolute atomic E-state index is 12.0. The molecule has 1 N–H and O–H groups in total. The van der Waals surface area contributed by atoms with Crippen molar-refractivity contribution in [2.75, 3.05) is 24.3 Å². The molecule has 1 aromatic rings. The van der Waals surface area contributed by atoms with E-state index in [4.69, 9.17) is 0 Å². The maximum atomic E-state index is 12.0. The van der Waals surface area contributed by atoms with E-state index >= 15 is 0 Å². The summed E-state index contributed by atoms with van der Waals surface area (Å²) in [5.41, 5.74) is 0.648. The summed E-state index contributed by atoms with van der Waals surface area (Å²) in [6, 6.07) is 4.58. The van der Waals surface area contributed by atoms with E-state index in [1.165, 1.54) is 0 Å². The first-order valence-electron chi connectivity index (χ1n) is 7.01. The van der Waals surface area contributed by atoms with Crippen molar-refractivity contribution in [2.45, 2.75) is 19.0 Å². The lowest BCUT2D eigenvalue weighted by atomic mass is 10.2. The molecule has 1 unspecified atom stereocenters. The second-order valence-corrected chi connectivity index (χ2v) is 9.63. The van der Waals surface area contributed by atoms with E-state index in [0.717, 1.165) is 10.6 Å². The predicted octanol–water partition coefficient (Wildman–Crippen LogP) is -0.853. The van der Waals surface area contributed by atoms with Crippen molar-refractivity contribution in [1.82, 2.24) is 14.6 Å². The number of carbonyl (C=O) groups is 1. The number of sulfonamides is 1. The van der Waals surface area contributed by atoms with E-state index in [-0.39, 0.29) is 24.5 Å². The van der Waals surface area contributed by atoms with Gasteiger partial charge in [0.1, 0.15) is 0 Å². The number of nitrogens with one attached hydrogen (secondary N) is 1. The molecule has 1 amide bonds. The van der Waals surface area contributed by atoms with Crippen molar-refractivity contribution in [3.63, 3.8) is 0 Å². The predicted molar refractivity (Wildman–Crippen MR) is 84.7 cm³/mol. The number of sulfone groups is 1. The van der Waals surface area contributed by atoms with Crippen LogP contribution in [-0.4, -0.2) is 62.4 Å². The Balaban J connectivity index is 2.00. The van der Waals surface area contributed by atoms with Crippen LogP contribution in [0.4, 0.5) is 0 Å². The Morgan fingerprint density at radius 2 is 2.17 bits per heavy atom. The highest BCUT2D eigenvalue weighted by Gasteiger charge is 2.37. The number of amides is 1. The SMILES string of the molecule is CS(=O)(=O)N(CC(=O)NCc1ccccn1)C1CCS(=O)(=O)C1. The van der Waals surface area contributed by atoms with Gasteiger partial charge in [0.05, 0.1) is 36.5 Å². The van der Waals surface area contributed by atoms with Crippen molar-refractivity contribution >= 4 is 25.8 Å². The zero-order valence-electron chi connectivity index (χ0n) is 12.7. The molecule has 1 atom stereocenters. The van der Waals surface area contributed by atoms with Crippen LogP contribution in [0.3, 0.4) is 0 Å². The fraction of sp³-hybridized carbons (Fsp3) is 0.538. The van der Waals surface area contributed by atoms with Crippen molar-refractivity contribution in [2.24, 2.45) is 0 Å². The van der Waals surface area contributed by atoms with Gasteiger partial charge >= 0.3 is 0 Å². The Morgan fingerprint density at radius 3 is 2.70 bits per heavy atom. The molecule has 23 heavy (non-hydrogen) atoms. The van der Waals surface area contributed by atoms with Gasteiger partial charge in [-0.15, -0.1) is 0 Å². The van der Waals surface area contributed by atoms with Gasteiger partial charge in [-0.25, -0.2) is 16.8 Å². The molecular formula is C13H19N3O5S2. The van der Waals surface area contributed by atoms with E-state index in [2.05, 4.69) is 10.3 Å². The van der Waals surface area contributed by atoms with Gasteiger partial charge in [-0.3, -0.25) is 9.78 Å². The van der Waals surface area contributed by atoms with Gasteiger partial charge in [0, 0.05) is 12.2 Å². The summed E-state index contributed by atoms with van der Waals surface area (Å²) < 4.78 is 47.8. The number of hydrogen-bond acceptors (Lipinski definition) is 6. The lowest BCUT2D eigenvalue weighted by Gasteiger charge is -2.24. The summed E-state index contributed by atoms with van der Waals surface area (Å²) in [6.07, 6.45) is 2.78. The number of carbonyl (C=O) groups excluding carboxylic acids is 1. The third kappa shape index (κ3) is 5.26. The molecule has 10 heteroatoms. The van der Waals surface area contributed by atoms with Gasteiger partial charge in [-0.1, -0.05) is 6.07 Å². The summed E-state index contributed by atoms with van der Waals surface area (Å²) in [5.74, 6) is -0.794. The number of nitrogens with zero attached hydrogens (tertiary/aromatic N) is 2. The molecule has 0 spiro atoms. The van der Waals surface area contributed by atoms with E-state index < -0.39 is 38.4 Å². The van der Waals surface area contributed by atoms with Gasteiger partial charge < -0.3 is 5.32 Å². The van der Waals surface area contributed by atoms with Gasteiger partial charge in [0.25, 0.3) is 0 Å². The van der Waals surface area contributed by atoms with Crippen LogP contribution in [0.25, 0.3) is 0 Å². The molecule has 0 radical (unpaired) electrons. The fourth-order valence-electron chi connectivity index (χ4n) is 2.41. The van der Waals surface area contributed by atoms with Crippen molar-refractivity contribution < 1.29 is 21.6 Å². The minimum absolute atomic E-state index is 0.0563. The molecule has 1 fully saturated rings. The molecule has 2 heterocycles. The van der Waals surface area contributed by atoms with Crippen LogP contribution in [-0.2, 0) is 31.2 Å². The smallest absolute Gasteiger partial charge is 0.235 e. The third-order valence-electron chi connectivity index (χ3n) is 3.53. The van der Waals surface area contributed by atoms with Gasteiger partial charge in [0.15, 0.2) is 9.84 Å². The van der Waals surface area contributed by atoms with E-state index in [1.54, 1.807) is 24.4 Å². The largest absolute Gasteiger partial charge is 0.349 e. The topological polar surface area (TPSA) is 114 Å². The lowest BCUT2D eigenvalue weighted by molar-refractivity contribution is -0.121. The minimum atomic E-state index is -3.68. The molecule has 0 saturated carbocycles. The summed E-state index contributed by atoms with van der Waals surface area (Å²) in [6.45, 7) is -0.216. The van der Waals surface area contributed by atoms with Crippen LogP contribution in [0.5, 0.6) is 0 Å². The number of aromatic nitrogens is 1. The summed E-state index contributed by atoms with van der Waals surface area (Å²) in [5, 5.41) is 2.59. The molecule has 8 nitrogen and oxygen atoms in total. The standard InChI is InChI=1S/C13H19N3O5S2/c1-22(18,19)16(12-5-7-23(20,21)10-12)9-13(17)15-8-11-4-2-3-6-14-11/h2-4,6,12H,5,7-10H2,1H3,(H,15,17). The van der Waals surface area contributed by atoms with Crippen LogP contribution in [0.2, 0.25) is 0 Å². The number of rotatable bonds is 6. The average molecular weight is 361 g/mol. The molecular weight excluding hydrogens is 342 g/mol. The Kier molecular flexibility index (Phi) is 5.37. The Morgan fingerprint density at radius 1 is 1.43 bits per heavy atom. The Labute approximate surface area is 135 Å². The highest BCUT2D eigenvalue weighted by Crippen LogP contribution is 2.19. The molecule has 2 rings (SSSR count). The highest BCUT2D eigenvalue weighted by atomic mass is 32.2. The second kappa shape index (κ2) is 6.93. The normalized spacial score (nSPS) is 20.5. The molecule has 1 aromatic heterocycles. The molecule has 0 bridgehead atoms. The molecule has 1 aliphatic heterocycles. The summed E-state index contributed by atoms with van der Waals surface area (Å²) in [4.78, 5) is 16.0.